The first kappa shape index (κ1) is 69.0. The molecule has 0 bridgehead atoms. The summed E-state index contributed by atoms with van der Waals surface area (Å²) < 4.78 is 11.9. The predicted molar refractivity (Wildman–Crippen MR) is 390 cm³/mol. The van der Waals surface area contributed by atoms with Crippen LogP contribution in [0, 0.1) is 25.7 Å². The van der Waals surface area contributed by atoms with Gasteiger partial charge in [0, 0.05) is 60.9 Å². The number of thiophene rings is 4. The van der Waals surface area contributed by atoms with E-state index in [0.717, 1.165) is 34.1 Å². The number of benzene rings is 2. The van der Waals surface area contributed by atoms with Gasteiger partial charge in [-0.1, -0.05) is 294 Å². The lowest BCUT2D eigenvalue weighted by molar-refractivity contribution is 0.399. The van der Waals surface area contributed by atoms with E-state index in [0.29, 0.717) is 5.92 Å². The molecule has 8 rings (SSSR count). The molecule has 2 unspecified atom stereocenters. The molecule has 0 N–H and O–H groups in total. The van der Waals surface area contributed by atoms with Gasteiger partial charge in [-0.15, -0.1) is 55.5 Å². The second-order valence-corrected chi connectivity index (χ2v) is 32.4. The van der Waals surface area contributed by atoms with Crippen molar-refractivity contribution in [3.05, 3.63) is 69.4 Å². The minimum Gasteiger partial charge on any atom is -0.140 e. The molecule has 4 nitrogen and oxygen atoms in total. The van der Waals surface area contributed by atoms with Gasteiger partial charge in [-0.3, -0.25) is 0 Å². The van der Waals surface area contributed by atoms with Crippen LogP contribution in [0.25, 0.3) is 71.6 Å². The molecule has 0 saturated heterocycles. The second-order valence-electron chi connectivity index (χ2n) is 26.2. The average molecular weight is 1270 g/mol. The van der Waals surface area contributed by atoms with Crippen LogP contribution < -0.4 is 0 Å². The van der Waals surface area contributed by atoms with Crippen molar-refractivity contribution in [1.29, 1.82) is 0 Å². The van der Waals surface area contributed by atoms with Crippen molar-refractivity contribution in [3.8, 4) is 40.4 Å². The third kappa shape index (κ3) is 21.7. The van der Waals surface area contributed by atoms with E-state index in [1.165, 1.54) is 328 Å². The minimum atomic E-state index is 0.692. The van der Waals surface area contributed by atoms with Gasteiger partial charge in [-0.05, 0) is 121 Å². The van der Waals surface area contributed by atoms with E-state index < -0.39 is 0 Å². The van der Waals surface area contributed by atoms with Crippen LogP contribution in [0.4, 0.5) is 0 Å². The molecule has 2 atom stereocenters. The van der Waals surface area contributed by atoms with Crippen LogP contribution in [0.5, 0.6) is 0 Å². The van der Waals surface area contributed by atoms with Gasteiger partial charge < -0.3 is 0 Å². The number of hydrogen-bond acceptors (Lipinski definition) is 10. The van der Waals surface area contributed by atoms with E-state index in [9.17, 15) is 0 Å². The molecule has 472 valence electrons. The van der Waals surface area contributed by atoms with E-state index in [4.69, 9.17) is 19.2 Å². The summed E-state index contributed by atoms with van der Waals surface area (Å²) in [5, 5.41) is 12.3. The lowest BCUT2D eigenvalue weighted by atomic mass is 9.88. The largest absolute Gasteiger partial charge is 0.140 e. The summed E-state index contributed by atoms with van der Waals surface area (Å²) >= 11 is 11.0. The molecule has 0 spiro atoms. The minimum absolute atomic E-state index is 0.692. The fraction of sp³-hybridized carbons (Fsp3) is 0.658. The number of rotatable bonds is 48. The van der Waals surface area contributed by atoms with Crippen LogP contribution in [0.15, 0.2) is 48.5 Å². The Balaban J connectivity index is 1.04. The summed E-state index contributed by atoms with van der Waals surface area (Å²) in [5.41, 5.74) is 7.61. The summed E-state index contributed by atoms with van der Waals surface area (Å²) in [6.45, 7) is 13.9. The molecule has 0 fully saturated rings. The van der Waals surface area contributed by atoms with Crippen molar-refractivity contribution in [2.75, 3.05) is 0 Å². The summed E-state index contributed by atoms with van der Waals surface area (Å²) in [6, 6.07) is 19.5. The molecule has 6 aromatic heterocycles. The van der Waals surface area contributed by atoms with Crippen molar-refractivity contribution < 1.29 is 0 Å². The van der Waals surface area contributed by atoms with Crippen LogP contribution in [0.3, 0.4) is 0 Å². The summed E-state index contributed by atoms with van der Waals surface area (Å²) in [6.07, 6.45) is 57.9. The highest BCUT2D eigenvalue weighted by atomic mass is 32.1. The lowest BCUT2D eigenvalue weighted by Crippen LogP contribution is -2.05. The zero-order valence-electron chi connectivity index (χ0n) is 54.7. The van der Waals surface area contributed by atoms with Gasteiger partial charge in [0.15, 0.2) is 0 Å². The molecular formula is C76H112N4S6. The highest BCUT2D eigenvalue weighted by Crippen LogP contribution is 2.50. The molecular weight excluding hydrogens is 1160 g/mol. The molecule has 0 radical (unpaired) electrons. The third-order valence-electron chi connectivity index (χ3n) is 18.9. The Morgan fingerprint density at radius 3 is 1.09 bits per heavy atom. The first-order valence-corrected chi connectivity index (χ1v) is 40.4. The smallest absolute Gasteiger partial charge is 0.114 e. The van der Waals surface area contributed by atoms with E-state index in [-0.39, 0.29) is 0 Å². The Kier molecular flexibility index (Phi) is 31.6. The molecule has 10 heteroatoms. The van der Waals surface area contributed by atoms with Crippen LogP contribution in [-0.2, 0) is 12.8 Å². The van der Waals surface area contributed by atoms with Crippen LogP contribution in [0.1, 0.15) is 305 Å². The van der Waals surface area contributed by atoms with Gasteiger partial charge in [0.1, 0.15) is 11.0 Å². The van der Waals surface area contributed by atoms with Crippen LogP contribution in [0.2, 0.25) is 0 Å². The molecule has 0 saturated carbocycles. The molecule has 6 heterocycles. The highest BCUT2D eigenvalue weighted by molar-refractivity contribution is 7.27. The standard InChI is InChI=1S/C76H112N4S6/c1-7-11-15-19-23-27-29-33-37-40-44-59(43-39-35-31-25-21-17-13-9-3)51-61-53-70(82-58(61)6)65-55-63-64(72-75(65)85-79-77-72)56-66(76-73(63)78-80-86-76)71-54-62(74(84-71)69-50-49-68(83-69)67-48-47-57(5)81-67)52-60(45-41-36-32-26-22-18-14-10-4)46-42-38-34-30-28-24-20-16-12-8-2/h47-50,53-56,59-60H,7-46,51-52H2,1-6H3. The highest BCUT2D eigenvalue weighted by Gasteiger charge is 2.25. The maximum Gasteiger partial charge on any atom is 0.114 e. The zero-order valence-corrected chi connectivity index (χ0v) is 59.6. The quantitative estimate of drug-likeness (QED) is 0.0357. The summed E-state index contributed by atoms with van der Waals surface area (Å²) in [7, 11) is 0. The third-order valence-corrected chi connectivity index (χ3v) is 25.2. The summed E-state index contributed by atoms with van der Waals surface area (Å²) in [5.74, 6) is 1.44. The van der Waals surface area contributed by atoms with Gasteiger partial charge in [0.2, 0.25) is 0 Å². The Hall–Kier alpha value is -2.86. The van der Waals surface area contributed by atoms with E-state index >= 15 is 0 Å². The number of aromatic nitrogens is 4. The van der Waals surface area contributed by atoms with Gasteiger partial charge in [0.25, 0.3) is 0 Å². The SMILES string of the molecule is CCCCCCCCCCCCC(CCCCCCCCCC)Cc1cc(-c2cc3c(cc(-c4cc(CC(CCCCCCCCCC)CCCCCCCCCCCC)c(-c5ccc(-c6ccc(C)s6)s5)s4)c4snnc43)c3nnsc23)sc1C. The number of aryl methyl sites for hydroxylation is 2. The van der Waals surface area contributed by atoms with E-state index in [1.807, 2.05) is 45.3 Å². The zero-order chi connectivity index (χ0) is 60.0. The number of nitrogens with zero attached hydrogens (tertiary/aromatic N) is 4. The topological polar surface area (TPSA) is 51.6 Å². The molecule has 2 aromatic carbocycles. The number of hydrogen-bond donors (Lipinski definition) is 0. The maximum absolute atomic E-state index is 5.00. The molecule has 86 heavy (non-hydrogen) atoms. The van der Waals surface area contributed by atoms with E-state index in [1.54, 1.807) is 28.6 Å². The molecule has 8 aromatic rings. The van der Waals surface area contributed by atoms with Crippen molar-refractivity contribution >= 4 is 99.6 Å². The Bertz CT molecular complexity index is 3110. The molecule has 0 amide bonds. The lowest BCUT2D eigenvalue weighted by Gasteiger charge is -2.17. The molecule has 0 aliphatic carbocycles. The maximum atomic E-state index is 5.00. The monoisotopic (exact) mass is 1270 g/mol. The first-order valence-electron chi connectivity index (χ1n) is 35.6. The normalized spacial score (nSPS) is 12.8. The molecule has 0 aliphatic heterocycles. The fourth-order valence-corrected chi connectivity index (χ4v) is 19.6. The van der Waals surface area contributed by atoms with Crippen LogP contribution in [-0.4, -0.2) is 19.2 Å². The van der Waals surface area contributed by atoms with Gasteiger partial charge in [-0.25, -0.2) is 0 Å². The van der Waals surface area contributed by atoms with Crippen molar-refractivity contribution in [2.45, 2.75) is 311 Å². The second kappa shape index (κ2) is 39.4. The summed E-state index contributed by atoms with van der Waals surface area (Å²) in [4.78, 5) is 11.1. The Labute approximate surface area is 547 Å². The molecule has 0 aliphatic rings. The number of unbranched alkanes of at least 4 members (excludes halogenated alkanes) is 32. The van der Waals surface area contributed by atoms with Crippen LogP contribution >= 0.6 is 68.4 Å². The first-order chi connectivity index (χ1) is 42.4. The van der Waals surface area contributed by atoms with Crippen molar-refractivity contribution in [1.82, 2.24) is 19.2 Å². The fourth-order valence-electron chi connectivity index (χ4n) is 13.7. The van der Waals surface area contributed by atoms with E-state index in [2.05, 4.69) is 90.1 Å². The van der Waals surface area contributed by atoms with Gasteiger partial charge >= 0.3 is 0 Å². The van der Waals surface area contributed by atoms with Crippen molar-refractivity contribution in [3.63, 3.8) is 0 Å². The van der Waals surface area contributed by atoms with Crippen molar-refractivity contribution in [2.24, 2.45) is 11.8 Å². The Morgan fingerprint density at radius 2 is 0.686 bits per heavy atom. The van der Waals surface area contributed by atoms with Gasteiger partial charge in [-0.2, -0.15) is 0 Å². The predicted octanol–water partition coefficient (Wildman–Crippen LogP) is 28.4. The average Bonchev–Trinajstić information content (AvgIpc) is 1.74. The van der Waals surface area contributed by atoms with Gasteiger partial charge in [0.05, 0.1) is 9.40 Å². The number of fused-ring (bicyclic) bond motifs is 5. The Morgan fingerprint density at radius 1 is 0.337 bits per heavy atom.